The van der Waals surface area contributed by atoms with E-state index in [2.05, 4.69) is 15.6 Å². The highest BCUT2D eigenvalue weighted by Gasteiger charge is 2.42. The molecule has 26 heavy (non-hydrogen) atoms. The lowest BCUT2D eigenvalue weighted by Crippen LogP contribution is -2.61. The van der Waals surface area contributed by atoms with Crippen molar-refractivity contribution in [1.29, 1.82) is 0 Å². The summed E-state index contributed by atoms with van der Waals surface area (Å²) in [5, 5.41) is 6.83. The molecule has 1 aromatic rings. The number of piperidine rings is 1. The quantitative estimate of drug-likeness (QED) is 0.824. The third kappa shape index (κ3) is 3.90. The van der Waals surface area contributed by atoms with Crippen LogP contribution in [0.15, 0.2) is 29.3 Å². The predicted molar refractivity (Wildman–Crippen MR) is 101 cm³/mol. The number of rotatable bonds is 3. The zero-order valence-electron chi connectivity index (χ0n) is 15.2. The van der Waals surface area contributed by atoms with Crippen molar-refractivity contribution in [2.75, 3.05) is 45.6 Å². The van der Waals surface area contributed by atoms with Crippen LogP contribution in [-0.4, -0.2) is 68.7 Å². The molecule has 1 aromatic carbocycles. The molecule has 2 aliphatic heterocycles. The summed E-state index contributed by atoms with van der Waals surface area (Å²) in [5.41, 5.74) is 0.233. The van der Waals surface area contributed by atoms with Crippen molar-refractivity contribution in [2.24, 2.45) is 4.99 Å². The van der Waals surface area contributed by atoms with Gasteiger partial charge in [0.15, 0.2) is 0 Å². The van der Waals surface area contributed by atoms with Crippen molar-refractivity contribution in [2.45, 2.75) is 24.8 Å². The lowest BCUT2D eigenvalue weighted by atomic mass is 9.86. The number of amidine groups is 1. The lowest BCUT2D eigenvalue weighted by molar-refractivity contribution is 0.243. The van der Waals surface area contributed by atoms with Gasteiger partial charge in [0.1, 0.15) is 11.7 Å². The van der Waals surface area contributed by atoms with Crippen LogP contribution in [0.25, 0.3) is 0 Å². The van der Waals surface area contributed by atoms with Crippen LogP contribution in [0, 0.1) is 5.82 Å². The van der Waals surface area contributed by atoms with Gasteiger partial charge in [0.05, 0.1) is 5.54 Å². The molecule has 0 radical (unpaired) electrons. The van der Waals surface area contributed by atoms with E-state index in [0.29, 0.717) is 38.2 Å². The van der Waals surface area contributed by atoms with Gasteiger partial charge in [-0.25, -0.2) is 4.39 Å². The fourth-order valence-electron chi connectivity index (χ4n) is 3.44. The Morgan fingerprint density at radius 3 is 2.69 bits per heavy atom. The van der Waals surface area contributed by atoms with Crippen molar-refractivity contribution in [1.82, 2.24) is 13.9 Å². The second-order valence-electron chi connectivity index (χ2n) is 6.92. The minimum atomic E-state index is -3.42. The highest BCUT2D eigenvalue weighted by molar-refractivity contribution is 7.86. The molecule has 0 aromatic heterocycles. The number of aliphatic imine (C=N–C) groups is 1. The van der Waals surface area contributed by atoms with Gasteiger partial charge in [0.2, 0.25) is 0 Å². The summed E-state index contributed by atoms with van der Waals surface area (Å²) in [6, 6.07) is 6.29. The van der Waals surface area contributed by atoms with Crippen molar-refractivity contribution in [3.63, 3.8) is 0 Å². The molecule has 2 N–H and O–H groups in total. The van der Waals surface area contributed by atoms with Crippen molar-refractivity contribution < 1.29 is 12.8 Å². The summed E-state index contributed by atoms with van der Waals surface area (Å²) in [6.45, 7) is 2.33. The van der Waals surface area contributed by atoms with E-state index in [0.717, 1.165) is 18.8 Å². The largest absolute Gasteiger partial charge is 0.342 e. The molecule has 144 valence electrons. The highest BCUT2D eigenvalue weighted by atomic mass is 32.2. The lowest BCUT2D eigenvalue weighted by Gasteiger charge is -2.42. The second-order valence-corrected chi connectivity index (χ2v) is 9.06. The molecule has 0 amide bonds. The van der Waals surface area contributed by atoms with Crippen LogP contribution in [-0.2, 0) is 10.2 Å². The summed E-state index contributed by atoms with van der Waals surface area (Å²) in [4.78, 5) is 4.69. The number of hydrogen-bond donors (Lipinski definition) is 2. The number of benzene rings is 1. The summed E-state index contributed by atoms with van der Waals surface area (Å²) in [7, 11) is -0.330. The molecule has 9 heteroatoms. The molecule has 3 rings (SSSR count). The Balaban J connectivity index is 1.80. The van der Waals surface area contributed by atoms with E-state index in [1.54, 1.807) is 26.2 Å². The molecule has 1 saturated heterocycles. The van der Waals surface area contributed by atoms with Crippen molar-refractivity contribution in [3.8, 4) is 0 Å². The summed E-state index contributed by atoms with van der Waals surface area (Å²) >= 11 is 0. The minimum Gasteiger partial charge on any atom is -0.342 e. The predicted octanol–water partition coefficient (Wildman–Crippen LogP) is 1.27. The summed E-state index contributed by atoms with van der Waals surface area (Å²) in [5.74, 6) is 0.459. The Bertz CT molecular complexity index is 773. The van der Waals surface area contributed by atoms with Crippen molar-refractivity contribution >= 4 is 21.7 Å². The molecule has 2 aliphatic rings. The van der Waals surface area contributed by atoms with Gasteiger partial charge in [0, 0.05) is 39.4 Å². The normalized spacial score (nSPS) is 21.5. The summed E-state index contributed by atoms with van der Waals surface area (Å²) < 4.78 is 41.0. The standard InChI is InChI=1S/C17H26FN5O2S/c1-22(2)26(24,25)23-11-7-17(8-12-23)16(19-9-4-10-20-17)21-15-6-3-5-14(18)13-15/h3,5-6,13,20H,4,7-12H2,1-2H3,(H,19,21). The second kappa shape index (κ2) is 7.59. The van der Waals surface area contributed by atoms with Crippen LogP contribution in [0.1, 0.15) is 19.3 Å². The Morgan fingerprint density at radius 1 is 1.31 bits per heavy atom. The van der Waals surface area contributed by atoms with Crippen LogP contribution >= 0.6 is 0 Å². The molecule has 0 aliphatic carbocycles. The van der Waals surface area contributed by atoms with Crippen LogP contribution in [0.5, 0.6) is 0 Å². The number of anilines is 1. The Morgan fingerprint density at radius 2 is 2.04 bits per heavy atom. The molecule has 1 fully saturated rings. The van der Waals surface area contributed by atoms with Crippen LogP contribution in [0.3, 0.4) is 0 Å². The molecular weight excluding hydrogens is 357 g/mol. The van der Waals surface area contributed by atoms with E-state index in [-0.39, 0.29) is 5.82 Å². The molecule has 0 bridgehead atoms. The molecule has 7 nitrogen and oxygen atoms in total. The van der Waals surface area contributed by atoms with E-state index < -0.39 is 15.7 Å². The van der Waals surface area contributed by atoms with E-state index in [1.807, 2.05) is 0 Å². The van der Waals surface area contributed by atoms with Gasteiger partial charge in [0.25, 0.3) is 10.2 Å². The maximum absolute atomic E-state index is 13.5. The molecule has 1 spiro atoms. The Hall–Kier alpha value is -1.55. The maximum atomic E-state index is 13.5. The molecule has 0 unspecified atom stereocenters. The zero-order valence-corrected chi connectivity index (χ0v) is 16.0. The first-order chi connectivity index (χ1) is 12.3. The zero-order chi connectivity index (χ0) is 18.8. The fourth-order valence-corrected chi connectivity index (χ4v) is 4.54. The van der Waals surface area contributed by atoms with Gasteiger partial charge < -0.3 is 10.6 Å². The number of nitrogens with one attached hydrogen (secondary N) is 2. The minimum absolute atomic E-state index is 0.307. The van der Waals surface area contributed by atoms with E-state index in [9.17, 15) is 12.8 Å². The van der Waals surface area contributed by atoms with Crippen LogP contribution < -0.4 is 10.6 Å². The van der Waals surface area contributed by atoms with Gasteiger partial charge in [-0.3, -0.25) is 4.99 Å². The third-order valence-corrected chi connectivity index (χ3v) is 6.91. The highest BCUT2D eigenvalue weighted by Crippen LogP contribution is 2.28. The van der Waals surface area contributed by atoms with Gasteiger partial charge in [-0.15, -0.1) is 0 Å². The number of nitrogens with zero attached hydrogens (tertiary/aromatic N) is 3. The SMILES string of the molecule is CN(C)S(=O)(=O)N1CCC2(CC1)NCCCN=C2Nc1cccc(F)c1. The van der Waals surface area contributed by atoms with Gasteiger partial charge in [-0.1, -0.05) is 6.07 Å². The first-order valence-corrected chi connectivity index (χ1v) is 10.2. The average molecular weight is 383 g/mol. The third-order valence-electron chi connectivity index (χ3n) is 4.97. The van der Waals surface area contributed by atoms with Crippen molar-refractivity contribution in [3.05, 3.63) is 30.1 Å². The van der Waals surface area contributed by atoms with E-state index >= 15 is 0 Å². The maximum Gasteiger partial charge on any atom is 0.281 e. The average Bonchev–Trinajstić information content (AvgIpc) is 2.78. The number of halogens is 1. The van der Waals surface area contributed by atoms with Crippen LogP contribution in [0.4, 0.5) is 10.1 Å². The molecule has 2 heterocycles. The first kappa shape index (κ1) is 19.2. The fraction of sp³-hybridized carbons (Fsp3) is 0.588. The number of hydrogen-bond acceptors (Lipinski definition) is 5. The Kier molecular flexibility index (Phi) is 5.61. The first-order valence-electron chi connectivity index (χ1n) is 8.84. The molecule has 0 atom stereocenters. The monoisotopic (exact) mass is 383 g/mol. The smallest absolute Gasteiger partial charge is 0.281 e. The molecule has 0 saturated carbocycles. The molecular formula is C17H26FN5O2S. The van der Waals surface area contributed by atoms with E-state index in [4.69, 9.17) is 0 Å². The Labute approximate surface area is 154 Å². The topological polar surface area (TPSA) is 77.0 Å². The van der Waals surface area contributed by atoms with E-state index in [1.165, 1.54) is 20.7 Å². The van der Waals surface area contributed by atoms with Crippen LogP contribution in [0.2, 0.25) is 0 Å². The van der Waals surface area contributed by atoms with Gasteiger partial charge in [-0.2, -0.15) is 17.0 Å². The summed E-state index contributed by atoms with van der Waals surface area (Å²) in [6.07, 6.45) is 2.14. The van der Waals surface area contributed by atoms with Gasteiger partial charge in [-0.05, 0) is 44.0 Å². The van der Waals surface area contributed by atoms with Gasteiger partial charge >= 0.3 is 0 Å².